The molecule has 0 amide bonds. The van der Waals surface area contributed by atoms with E-state index in [1.807, 2.05) is 0 Å². The molecule has 0 aliphatic rings. The van der Waals surface area contributed by atoms with Gasteiger partial charge in [0, 0.05) is 6.54 Å². The van der Waals surface area contributed by atoms with Crippen molar-refractivity contribution in [1.82, 2.24) is 24.3 Å². The van der Waals surface area contributed by atoms with Crippen LogP contribution in [0.1, 0.15) is 12.4 Å². The van der Waals surface area contributed by atoms with Gasteiger partial charge in [0.15, 0.2) is 11.0 Å². The number of nitrogens with zero attached hydrogens (tertiary/aromatic N) is 5. The summed E-state index contributed by atoms with van der Waals surface area (Å²) in [4.78, 5) is 4.33. The number of hydrogen-bond acceptors (Lipinski definition) is 4. The topological polar surface area (TPSA) is 48.5 Å². The minimum absolute atomic E-state index is 0.158. The molecule has 0 aliphatic heterocycles. The summed E-state index contributed by atoms with van der Waals surface area (Å²) in [6.45, 7) is 1.36. The number of halogens is 3. The molecule has 0 saturated carbocycles. The van der Waals surface area contributed by atoms with Crippen LogP contribution in [-0.2, 0) is 12.3 Å². The van der Waals surface area contributed by atoms with Gasteiger partial charge in [-0.2, -0.15) is 8.78 Å². The van der Waals surface area contributed by atoms with Crippen molar-refractivity contribution in [1.29, 1.82) is 0 Å². The lowest BCUT2D eigenvalue weighted by molar-refractivity contribution is 0.0722. The minimum atomic E-state index is -2.71. The lowest BCUT2D eigenvalue weighted by Gasteiger charge is -2.09. The Kier molecular flexibility index (Phi) is 5.39. The molecule has 0 atom stereocenters. The summed E-state index contributed by atoms with van der Waals surface area (Å²) >= 11 is 1.21. The smallest absolute Gasteiger partial charge is 0.298 e. The Morgan fingerprint density at radius 3 is 2.59 bits per heavy atom. The van der Waals surface area contributed by atoms with Crippen molar-refractivity contribution in [3.05, 3.63) is 72.8 Å². The Morgan fingerprint density at radius 1 is 1.07 bits per heavy atom. The number of thioether (sulfide) groups is 1. The molecule has 0 unspecified atom stereocenters. The van der Waals surface area contributed by atoms with Gasteiger partial charge in [-0.25, -0.2) is 9.37 Å². The van der Waals surface area contributed by atoms with Crippen molar-refractivity contribution in [3.8, 4) is 11.4 Å². The van der Waals surface area contributed by atoms with Gasteiger partial charge < -0.3 is 0 Å². The van der Waals surface area contributed by atoms with Crippen LogP contribution < -0.4 is 0 Å². The average Bonchev–Trinajstić information content (AvgIpc) is 3.28. The molecule has 0 N–H and O–H groups in total. The van der Waals surface area contributed by atoms with Crippen LogP contribution in [0.5, 0.6) is 0 Å². The predicted molar refractivity (Wildman–Crippen MR) is 106 cm³/mol. The molecule has 2 aromatic heterocycles. The van der Waals surface area contributed by atoms with E-state index in [-0.39, 0.29) is 11.6 Å². The van der Waals surface area contributed by atoms with E-state index in [4.69, 9.17) is 0 Å². The van der Waals surface area contributed by atoms with E-state index in [1.165, 1.54) is 17.8 Å². The van der Waals surface area contributed by atoms with Crippen molar-refractivity contribution in [3.63, 3.8) is 0 Å². The van der Waals surface area contributed by atoms with Gasteiger partial charge in [0.2, 0.25) is 0 Å². The molecule has 0 fully saturated rings. The third kappa shape index (κ3) is 3.65. The summed E-state index contributed by atoms with van der Waals surface area (Å²) in [5, 5.41) is 8.71. The predicted octanol–water partition coefficient (Wildman–Crippen LogP) is 5.31. The molecular formula is C20H16F3N5S. The highest BCUT2D eigenvalue weighted by Gasteiger charge is 2.20. The lowest BCUT2D eigenvalue weighted by atomic mass is 10.2. The Labute approximate surface area is 168 Å². The highest BCUT2D eigenvalue weighted by molar-refractivity contribution is 7.98. The fraction of sp³-hybridized carbons (Fsp3) is 0.150. The minimum Gasteiger partial charge on any atom is -0.298 e. The number of fused-ring (bicyclic) bond motifs is 1. The first kappa shape index (κ1) is 19.3. The lowest BCUT2D eigenvalue weighted by Crippen LogP contribution is -2.05. The van der Waals surface area contributed by atoms with E-state index < -0.39 is 12.4 Å². The zero-order valence-corrected chi connectivity index (χ0v) is 16.0. The first-order valence-corrected chi connectivity index (χ1v) is 9.74. The second kappa shape index (κ2) is 8.12. The SMILES string of the molecule is C=CCn1c(SCc2nc3ccccc3n2C(F)F)nnc1-c1ccccc1F. The Balaban J connectivity index is 1.68. The van der Waals surface area contributed by atoms with E-state index in [2.05, 4.69) is 21.8 Å². The number of para-hydroxylation sites is 2. The number of rotatable bonds is 7. The molecule has 4 rings (SSSR count). The highest BCUT2D eigenvalue weighted by Crippen LogP contribution is 2.30. The quantitative estimate of drug-likeness (QED) is 0.303. The second-order valence-corrected chi connectivity index (χ2v) is 7.08. The first-order valence-electron chi connectivity index (χ1n) is 8.76. The van der Waals surface area contributed by atoms with Crippen molar-refractivity contribution >= 4 is 22.8 Å². The third-order valence-corrected chi connectivity index (χ3v) is 5.30. The Bertz CT molecular complexity index is 1170. The van der Waals surface area contributed by atoms with Gasteiger partial charge >= 0.3 is 6.55 Å². The van der Waals surface area contributed by atoms with Gasteiger partial charge in [0.05, 0.1) is 22.3 Å². The van der Waals surface area contributed by atoms with Crippen LogP contribution in [0.15, 0.2) is 66.3 Å². The molecular weight excluding hydrogens is 399 g/mol. The van der Waals surface area contributed by atoms with Crippen molar-refractivity contribution < 1.29 is 13.2 Å². The first-order chi connectivity index (χ1) is 14.1. The number of hydrogen-bond donors (Lipinski definition) is 0. The van der Waals surface area contributed by atoms with Crippen LogP contribution in [0, 0.1) is 5.82 Å². The van der Waals surface area contributed by atoms with Crippen LogP contribution in [0.2, 0.25) is 0 Å². The number of allylic oxidation sites excluding steroid dienone is 1. The molecule has 0 aliphatic carbocycles. The molecule has 2 aromatic carbocycles. The molecule has 0 spiro atoms. The molecule has 0 bridgehead atoms. The summed E-state index contributed by atoms with van der Waals surface area (Å²) < 4.78 is 44.0. The summed E-state index contributed by atoms with van der Waals surface area (Å²) in [5.41, 5.74) is 1.19. The molecule has 0 radical (unpaired) electrons. The average molecular weight is 415 g/mol. The maximum atomic E-state index is 14.2. The zero-order chi connectivity index (χ0) is 20.4. The maximum absolute atomic E-state index is 14.2. The third-order valence-electron chi connectivity index (χ3n) is 4.34. The highest BCUT2D eigenvalue weighted by atomic mass is 32.2. The van der Waals surface area contributed by atoms with E-state index in [0.717, 1.165) is 4.57 Å². The normalized spacial score (nSPS) is 11.4. The van der Waals surface area contributed by atoms with Crippen molar-refractivity contribution in [2.75, 3.05) is 0 Å². The molecule has 148 valence electrons. The van der Waals surface area contributed by atoms with E-state index in [9.17, 15) is 13.2 Å². The summed E-state index contributed by atoms with van der Waals surface area (Å²) in [5.74, 6) is 0.326. The summed E-state index contributed by atoms with van der Waals surface area (Å²) in [6.07, 6.45) is 1.65. The standard InChI is InChI=1S/C20H16F3N5S/c1-2-11-27-18(13-7-3-4-8-14(13)21)25-26-20(27)29-12-17-24-15-9-5-6-10-16(15)28(17)19(22)23/h2-10,19H,1,11-12H2. The van der Waals surface area contributed by atoms with Gasteiger partial charge in [-0.3, -0.25) is 9.13 Å². The molecule has 2 heterocycles. The largest absolute Gasteiger partial charge is 0.320 e. The van der Waals surface area contributed by atoms with Crippen LogP contribution in [-0.4, -0.2) is 24.3 Å². The fourth-order valence-electron chi connectivity index (χ4n) is 3.07. The number of benzene rings is 2. The van der Waals surface area contributed by atoms with Crippen LogP contribution in [0.25, 0.3) is 22.4 Å². The Hall–Kier alpha value is -3.07. The monoisotopic (exact) mass is 415 g/mol. The van der Waals surface area contributed by atoms with Gasteiger partial charge in [0.25, 0.3) is 0 Å². The zero-order valence-electron chi connectivity index (χ0n) is 15.2. The van der Waals surface area contributed by atoms with Gasteiger partial charge in [-0.1, -0.05) is 42.1 Å². The molecule has 29 heavy (non-hydrogen) atoms. The maximum Gasteiger partial charge on any atom is 0.320 e. The van der Waals surface area contributed by atoms with Crippen molar-refractivity contribution in [2.24, 2.45) is 0 Å². The number of alkyl halides is 2. The number of imidazole rings is 1. The summed E-state index contributed by atoms with van der Waals surface area (Å²) in [7, 11) is 0. The van der Waals surface area contributed by atoms with Gasteiger partial charge in [-0.15, -0.1) is 16.8 Å². The Morgan fingerprint density at radius 2 is 1.83 bits per heavy atom. The van der Waals surface area contributed by atoms with Crippen LogP contribution >= 0.6 is 11.8 Å². The summed E-state index contributed by atoms with van der Waals surface area (Å²) in [6, 6.07) is 13.0. The number of aromatic nitrogens is 5. The molecule has 4 aromatic rings. The van der Waals surface area contributed by atoms with Crippen molar-refractivity contribution in [2.45, 2.75) is 24.0 Å². The van der Waals surface area contributed by atoms with E-state index >= 15 is 0 Å². The second-order valence-electron chi connectivity index (χ2n) is 6.14. The van der Waals surface area contributed by atoms with Crippen LogP contribution in [0.4, 0.5) is 13.2 Å². The van der Waals surface area contributed by atoms with Gasteiger partial charge in [0.1, 0.15) is 11.6 Å². The fourth-order valence-corrected chi connectivity index (χ4v) is 3.95. The van der Waals surface area contributed by atoms with Gasteiger partial charge in [-0.05, 0) is 24.3 Å². The molecule has 5 nitrogen and oxygen atoms in total. The van der Waals surface area contributed by atoms with E-state index in [0.29, 0.717) is 34.1 Å². The van der Waals surface area contributed by atoms with Crippen LogP contribution in [0.3, 0.4) is 0 Å². The van der Waals surface area contributed by atoms with E-state index in [1.54, 1.807) is 53.1 Å². The molecule has 0 saturated heterocycles. The molecule has 9 heteroatoms.